The molecular weight excluding hydrogens is 448 g/mol. The third-order valence-corrected chi connectivity index (χ3v) is 9.57. The molecule has 0 radical (unpaired) electrons. The highest BCUT2D eigenvalue weighted by atomic mass is 35.5. The first-order valence-corrected chi connectivity index (χ1v) is 13.1. The van der Waals surface area contributed by atoms with Gasteiger partial charge in [-0.15, -0.1) is 0 Å². The largest absolute Gasteiger partial charge is 0.342 e. The van der Waals surface area contributed by atoms with E-state index in [2.05, 4.69) is 14.5 Å². The van der Waals surface area contributed by atoms with E-state index in [1.54, 1.807) is 18.6 Å². The van der Waals surface area contributed by atoms with Crippen LogP contribution in [0, 0.1) is 0 Å². The number of hydrogen-bond donors (Lipinski definition) is 0. The summed E-state index contributed by atoms with van der Waals surface area (Å²) in [6, 6.07) is 5.79. The molecule has 9 heteroatoms. The van der Waals surface area contributed by atoms with Crippen molar-refractivity contribution in [3.63, 3.8) is 0 Å². The number of anilines is 1. The van der Waals surface area contributed by atoms with Crippen LogP contribution in [-0.4, -0.2) is 39.9 Å². The fourth-order valence-corrected chi connectivity index (χ4v) is 6.90. The van der Waals surface area contributed by atoms with Gasteiger partial charge in [0.1, 0.15) is 5.15 Å². The van der Waals surface area contributed by atoms with Gasteiger partial charge in [-0.05, 0) is 55.9 Å². The summed E-state index contributed by atoms with van der Waals surface area (Å²) in [4.78, 5) is 23.6. The lowest BCUT2D eigenvalue weighted by molar-refractivity contribution is -0.120. The molecule has 1 spiro atoms. The molecule has 2 aliphatic carbocycles. The molecule has 7 nitrogen and oxygen atoms in total. The Bertz CT molecular complexity index is 1360. The van der Waals surface area contributed by atoms with Gasteiger partial charge in [0, 0.05) is 23.8 Å². The Kier molecular flexibility index (Phi) is 4.43. The van der Waals surface area contributed by atoms with Gasteiger partial charge in [0.2, 0.25) is 5.91 Å². The van der Waals surface area contributed by atoms with E-state index in [4.69, 9.17) is 11.6 Å². The standard InChI is InChI=1S/C23H23ClN4O3S/c24-21-11-15-10-16(14-28-20-12-25-7-4-18(20)23(5-6-23)22(28)29)27(19(15)13-26-21)8-1-9-32(30,31)17-2-3-17/h4,7,10-13,17H,1-3,5-6,8-9,14H2. The van der Waals surface area contributed by atoms with Crippen molar-refractivity contribution >= 4 is 43.9 Å². The van der Waals surface area contributed by atoms with Gasteiger partial charge in [-0.1, -0.05) is 11.6 Å². The minimum atomic E-state index is -3.01. The number of fused-ring (bicyclic) bond motifs is 3. The molecule has 0 saturated heterocycles. The van der Waals surface area contributed by atoms with Crippen molar-refractivity contribution in [2.24, 2.45) is 0 Å². The van der Waals surface area contributed by atoms with E-state index in [0.717, 1.165) is 53.5 Å². The second-order valence-corrected chi connectivity index (χ2v) is 11.9. The Balaban J connectivity index is 1.33. The molecule has 3 aromatic rings. The first-order valence-electron chi connectivity index (χ1n) is 11.0. The molecule has 2 fully saturated rings. The predicted octanol–water partition coefficient (Wildman–Crippen LogP) is 3.63. The number of carbonyl (C=O) groups is 1. The number of aromatic nitrogens is 3. The van der Waals surface area contributed by atoms with Gasteiger partial charge in [0.05, 0.1) is 46.6 Å². The first kappa shape index (κ1) is 20.2. The fraction of sp³-hybridized carbons (Fsp3) is 0.435. The van der Waals surface area contributed by atoms with E-state index in [-0.39, 0.29) is 22.3 Å². The highest BCUT2D eigenvalue weighted by Crippen LogP contribution is 2.57. The molecule has 32 heavy (non-hydrogen) atoms. The van der Waals surface area contributed by atoms with Gasteiger partial charge < -0.3 is 9.47 Å². The number of aryl methyl sites for hydroxylation is 1. The van der Waals surface area contributed by atoms with Crippen molar-refractivity contribution in [3.8, 4) is 0 Å². The van der Waals surface area contributed by atoms with Crippen LogP contribution in [0.15, 0.2) is 36.8 Å². The Morgan fingerprint density at radius 3 is 2.75 bits per heavy atom. The van der Waals surface area contributed by atoms with Crippen molar-refractivity contribution in [1.82, 2.24) is 14.5 Å². The van der Waals surface area contributed by atoms with Crippen LogP contribution in [0.2, 0.25) is 5.15 Å². The summed E-state index contributed by atoms with van der Waals surface area (Å²) in [5.41, 5.74) is 3.40. The average molecular weight is 471 g/mol. The molecule has 2 saturated carbocycles. The van der Waals surface area contributed by atoms with E-state index in [0.29, 0.717) is 24.7 Å². The minimum absolute atomic E-state index is 0.129. The maximum Gasteiger partial charge on any atom is 0.238 e. The van der Waals surface area contributed by atoms with Gasteiger partial charge in [-0.25, -0.2) is 13.4 Å². The Morgan fingerprint density at radius 2 is 2.00 bits per heavy atom. The van der Waals surface area contributed by atoms with Crippen LogP contribution >= 0.6 is 11.6 Å². The van der Waals surface area contributed by atoms with Crippen molar-refractivity contribution < 1.29 is 13.2 Å². The van der Waals surface area contributed by atoms with Crippen LogP contribution in [0.25, 0.3) is 10.9 Å². The van der Waals surface area contributed by atoms with Crippen molar-refractivity contribution in [1.29, 1.82) is 0 Å². The average Bonchev–Trinajstić information content (AvgIpc) is 3.68. The number of sulfone groups is 1. The third kappa shape index (κ3) is 3.15. The smallest absolute Gasteiger partial charge is 0.238 e. The molecule has 4 heterocycles. The zero-order valence-corrected chi connectivity index (χ0v) is 19.1. The number of pyridine rings is 2. The zero-order valence-electron chi connectivity index (χ0n) is 17.5. The maximum atomic E-state index is 13.3. The molecule has 0 aromatic carbocycles. The molecule has 0 unspecified atom stereocenters. The van der Waals surface area contributed by atoms with Crippen LogP contribution < -0.4 is 4.90 Å². The van der Waals surface area contributed by atoms with E-state index in [1.165, 1.54) is 0 Å². The molecule has 0 bridgehead atoms. The lowest BCUT2D eigenvalue weighted by Gasteiger charge is -2.19. The number of nitrogens with zero attached hydrogens (tertiary/aromatic N) is 4. The quantitative estimate of drug-likeness (QED) is 0.492. The Hall–Kier alpha value is -2.45. The molecule has 1 aliphatic heterocycles. The van der Waals surface area contributed by atoms with E-state index < -0.39 is 9.84 Å². The summed E-state index contributed by atoms with van der Waals surface area (Å²) >= 11 is 6.12. The molecular formula is C23H23ClN4O3S. The summed E-state index contributed by atoms with van der Waals surface area (Å²) < 4.78 is 26.8. The number of rotatable bonds is 7. The topological polar surface area (TPSA) is 85.2 Å². The van der Waals surface area contributed by atoms with Gasteiger partial charge in [0.15, 0.2) is 9.84 Å². The fourth-order valence-electron chi connectivity index (χ4n) is 5.02. The maximum absolute atomic E-state index is 13.3. The lowest BCUT2D eigenvalue weighted by Crippen LogP contribution is -2.32. The van der Waals surface area contributed by atoms with Gasteiger partial charge in [0.25, 0.3) is 0 Å². The number of hydrogen-bond acceptors (Lipinski definition) is 5. The van der Waals surface area contributed by atoms with Crippen LogP contribution in [0.5, 0.6) is 0 Å². The minimum Gasteiger partial charge on any atom is -0.342 e. The van der Waals surface area contributed by atoms with Crippen molar-refractivity contribution in [2.75, 3.05) is 10.7 Å². The molecule has 3 aliphatic rings. The van der Waals surface area contributed by atoms with E-state index >= 15 is 0 Å². The lowest BCUT2D eigenvalue weighted by atomic mass is 9.99. The van der Waals surface area contributed by atoms with Crippen molar-refractivity contribution in [2.45, 2.75) is 55.9 Å². The van der Waals surface area contributed by atoms with Crippen LogP contribution in [0.4, 0.5) is 5.69 Å². The second-order valence-electron chi connectivity index (χ2n) is 9.14. The molecule has 0 atom stereocenters. The highest BCUT2D eigenvalue weighted by molar-refractivity contribution is 7.92. The first-order chi connectivity index (χ1) is 15.4. The van der Waals surface area contributed by atoms with Gasteiger partial charge in [-0.3, -0.25) is 9.78 Å². The van der Waals surface area contributed by atoms with Crippen LogP contribution in [0.3, 0.4) is 0 Å². The molecule has 1 amide bonds. The third-order valence-electron chi connectivity index (χ3n) is 7.01. The summed E-state index contributed by atoms with van der Waals surface area (Å²) in [5, 5.41) is 1.19. The zero-order chi connectivity index (χ0) is 22.1. The predicted molar refractivity (Wildman–Crippen MR) is 123 cm³/mol. The number of carbonyl (C=O) groups excluding carboxylic acids is 1. The monoisotopic (exact) mass is 470 g/mol. The molecule has 0 N–H and O–H groups in total. The summed E-state index contributed by atoms with van der Waals surface area (Å²) in [7, 11) is -3.01. The van der Waals surface area contributed by atoms with Crippen LogP contribution in [0.1, 0.15) is 43.4 Å². The second kappa shape index (κ2) is 7.02. The SMILES string of the molecule is O=C1N(Cc2cc3cc(Cl)ncc3n2CCCS(=O)(=O)C2CC2)c2cnccc2C12CC2. The van der Waals surface area contributed by atoms with Gasteiger partial charge >= 0.3 is 0 Å². The molecule has 3 aromatic heterocycles. The van der Waals surface area contributed by atoms with Crippen molar-refractivity contribution in [3.05, 3.63) is 53.2 Å². The van der Waals surface area contributed by atoms with Gasteiger partial charge in [-0.2, -0.15) is 0 Å². The summed E-state index contributed by atoms with van der Waals surface area (Å²) in [6.45, 7) is 0.947. The Labute approximate surface area is 191 Å². The summed E-state index contributed by atoms with van der Waals surface area (Å²) in [5.74, 6) is 0.306. The number of amides is 1. The Morgan fingerprint density at radius 1 is 1.19 bits per heavy atom. The van der Waals surface area contributed by atoms with E-state index in [9.17, 15) is 13.2 Å². The van der Waals surface area contributed by atoms with Crippen LogP contribution in [-0.2, 0) is 33.1 Å². The summed E-state index contributed by atoms with van der Waals surface area (Å²) in [6.07, 6.45) is 9.09. The normalized spacial score (nSPS) is 19.2. The van der Waals surface area contributed by atoms with E-state index in [1.807, 2.05) is 23.1 Å². The molecule has 6 rings (SSSR count). The highest BCUT2D eigenvalue weighted by Gasteiger charge is 2.59. The number of halogens is 1. The molecule has 166 valence electrons.